The number of pyridine rings is 1. The quantitative estimate of drug-likeness (QED) is 0.768. The summed E-state index contributed by atoms with van der Waals surface area (Å²) in [6, 6.07) is 9.63. The number of ether oxygens (including phenoxy) is 1. The number of nitrogens with zero attached hydrogens (tertiary/aromatic N) is 1. The standard InChI is InChI=1S/C14H16ClNO3S/c1-2-11(10-20(15,17)18)9-19-13-7-12-5-3-4-6-14(12)16-8-13/h3-8,11H,2,9-10H2,1H3. The normalized spacial score (nSPS) is 13.3. The Labute approximate surface area is 123 Å². The molecule has 0 radical (unpaired) electrons. The fourth-order valence-electron chi connectivity index (χ4n) is 1.91. The zero-order valence-corrected chi connectivity index (χ0v) is 12.7. The molecule has 0 amide bonds. The molecule has 1 aromatic heterocycles. The molecule has 0 fully saturated rings. The summed E-state index contributed by atoms with van der Waals surface area (Å²) >= 11 is 0. The van der Waals surface area contributed by atoms with E-state index in [2.05, 4.69) is 4.98 Å². The molecule has 20 heavy (non-hydrogen) atoms. The topological polar surface area (TPSA) is 56.3 Å². The molecule has 0 aliphatic carbocycles. The highest BCUT2D eigenvalue weighted by molar-refractivity contribution is 8.13. The highest BCUT2D eigenvalue weighted by atomic mass is 35.7. The number of aromatic nitrogens is 1. The van der Waals surface area contributed by atoms with Gasteiger partial charge in [0.15, 0.2) is 0 Å². The zero-order chi connectivity index (χ0) is 14.6. The molecule has 0 N–H and O–H groups in total. The van der Waals surface area contributed by atoms with Crippen LogP contribution in [0.4, 0.5) is 0 Å². The van der Waals surface area contributed by atoms with Crippen molar-refractivity contribution in [1.29, 1.82) is 0 Å². The maximum absolute atomic E-state index is 11.1. The van der Waals surface area contributed by atoms with E-state index in [4.69, 9.17) is 15.4 Å². The minimum Gasteiger partial charge on any atom is -0.492 e. The second kappa shape index (κ2) is 6.41. The van der Waals surface area contributed by atoms with Gasteiger partial charge in [0.1, 0.15) is 5.75 Å². The second-order valence-electron chi connectivity index (χ2n) is 4.65. The predicted octanol–water partition coefficient (Wildman–Crippen LogP) is 3.21. The number of para-hydroxylation sites is 1. The summed E-state index contributed by atoms with van der Waals surface area (Å²) in [5.74, 6) is 0.435. The molecule has 108 valence electrons. The van der Waals surface area contributed by atoms with E-state index in [1.54, 1.807) is 6.20 Å². The van der Waals surface area contributed by atoms with Gasteiger partial charge < -0.3 is 4.74 Å². The molecule has 2 rings (SSSR count). The van der Waals surface area contributed by atoms with Crippen molar-refractivity contribution in [2.45, 2.75) is 13.3 Å². The minimum atomic E-state index is -3.50. The SMILES string of the molecule is CCC(COc1cnc2ccccc2c1)CS(=O)(=O)Cl. The van der Waals surface area contributed by atoms with E-state index in [1.807, 2.05) is 37.3 Å². The van der Waals surface area contributed by atoms with E-state index in [0.29, 0.717) is 18.8 Å². The lowest BCUT2D eigenvalue weighted by atomic mass is 10.1. The summed E-state index contributed by atoms with van der Waals surface area (Å²) in [6.45, 7) is 2.22. The Morgan fingerprint density at radius 3 is 2.80 bits per heavy atom. The van der Waals surface area contributed by atoms with Crippen molar-refractivity contribution in [2.24, 2.45) is 5.92 Å². The van der Waals surface area contributed by atoms with Crippen LogP contribution in [0.15, 0.2) is 36.5 Å². The Bertz CT molecular complexity index is 688. The summed E-state index contributed by atoms with van der Waals surface area (Å²) in [7, 11) is 1.77. The van der Waals surface area contributed by atoms with Crippen molar-refractivity contribution in [1.82, 2.24) is 4.98 Å². The lowest BCUT2D eigenvalue weighted by Crippen LogP contribution is -2.19. The van der Waals surface area contributed by atoms with Crippen molar-refractivity contribution in [3.05, 3.63) is 36.5 Å². The van der Waals surface area contributed by atoms with Crippen LogP contribution >= 0.6 is 10.7 Å². The van der Waals surface area contributed by atoms with E-state index in [9.17, 15) is 8.42 Å². The monoisotopic (exact) mass is 313 g/mol. The largest absolute Gasteiger partial charge is 0.492 e. The molecule has 1 heterocycles. The Kier molecular flexibility index (Phi) is 4.83. The van der Waals surface area contributed by atoms with E-state index < -0.39 is 9.05 Å². The van der Waals surface area contributed by atoms with Gasteiger partial charge >= 0.3 is 0 Å². The molecule has 4 nitrogen and oxygen atoms in total. The maximum atomic E-state index is 11.1. The van der Waals surface area contributed by atoms with Crippen LogP contribution in [0.3, 0.4) is 0 Å². The van der Waals surface area contributed by atoms with Crippen LogP contribution in [-0.4, -0.2) is 25.8 Å². The summed E-state index contributed by atoms with van der Waals surface area (Å²) in [4.78, 5) is 4.29. The van der Waals surface area contributed by atoms with Gasteiger partial charge in [0.25, 0.3) is 0 Å². The highest BCUT2D eigenvalue weighted by Gasteiger charge is 2.16. The minimum absolute atomic E-state index is 0.0773. The molecular formula is C14H16ClNO3S. The van der Waals surface area contributed by atoms with Gasteiger partial charge in [-0.3, -0.25) is 4.98 Å². The lowest BCUT2D eigenvalue weighted by molar-refractivity contribution is 0.257. The molecule has 6 heteroatoms. The Balaban J connectivity index is 2.04. The molecule has 0 aliphatic rings. The van der Waals surface area contributed by atoms with E-state index in [-0.39, 0.29) is 11.7 Å². The summed E-state index contributed by atoms with van der Waals surface area (Å²) in [5, 5.41) is 0.989. The third kappa shape index (κ3) is 4.35. The molecule has 0 bridgehead atoms. The number of hydrogen-bond donors (Lipinski definition) is 0. The summed E-state index contributed by atoms with van der Waals surface area (Å²) in [6.07, 6.45) is 2.33. The van der Waals surface area contributed by atoms with Gasteiger partial charge in [-0.1, -0.05) is 25.1 Å². The fraction of sp³-hybridized carbons (Fsp3) is 0.357. The number of fused-ring (bicyclic) bond motifs is 1. The van der Waals surface area contributed by atoms with Crippen LogP contribution in [0, 0.1) is 5.92 Å². The molecule has 1 unspecified atom stereocenters. The first-order valence-corrected chi connectivity index (χ1v) is 8.85. The number of benzene rings is 1. The van der Waals surface area contributed by atoms with E-state index in [1.165, 1.54) is 0 Å². The highest BCUT2D eigenvalue weighted by Crippen LogP contribution is 2.19. The Hall–Kier alpha value is -1.33. The maximum Gasteiger partial charge on any atom is 0.232 e. The first-order chi connectivity index (χ1) is 9.48. The molecule has 0 saturated heterocycles. The van der Waals surface area contributed by atoms with Crippen LogP contribution in [0.2, 0.25) is 0 Å². The molecule has 1 aromatic carbocycles. The van der Waals surface area contributed by atoms with Crippen molar-refractivity contribution in [3.8, 4) is 5.75 Å². The number of hydrogen-bond acceptors (Lipinski definition) is 4. The Morgan fingerprint density at radius 1 is 1.35 bits per heavy atom. The molecule has 0 spiro atoms. The molecule has 2 aromatic rings. The Morgan fingerprint density at radius 2 is 2.10 bits per heavy atom. The van der Waals surface area contributed by atoms with E-state index in [0.717, 1.165) is 10.9 Å². The lowest BCUT2D eigenvalue weighted by Gasteiger charge is -2.14. The van der Waals surface area contributed by atoms with E-state index >= 15 is 0 Å². The second-order valence-corrected chi connectivity index (χ2v) is 7.48. The van der Waals surface area contributed by atoms with Gasteiger partial charge in [0.05, 0.1) is 24.1 Å². The molecule has 1 atom stereocenters. The van der Waals surface area contributed by atoms with Crippen molar-refractivity contribution in [3.63, 3.8) is 0 Å². The van der Waals surface area contributed by atoms with Crippen LogP contribution in [-0.2, 0) is 9.05 Å². The summed E-state index contributed by atoms with van der Waals surface area (Å²) < 4.78 is 27.8. The molecule has 0 saturated carbocycles. The summed E-state index contributed by atoms with van der Waals surface area (Å²) in [5.41, 5.74) is 0.898. The molecular weight excluding hydrogens is 298 g/mol. The third-order valence-corrected chi connectivity index (χ3v) is 4.31. The van der Waals surface area contributed by atoms with Gasteiger partial charge in [-0.2, -0.15) is 0 Å². The van der Waals surface area contributed by atoms with Crippen LogP contribution in [0.1, 0.15) is 13.3 Å². The first-order valence-electron chi connectivity index (χ1n) is 6.38. The third-order valence-electron chi connectivity index (χ3n) is 3.06. The van der Waals surface area contributed by atoms with Crippen LogP contribution < -0.4 is 4.74 Å². The average molecular weight is 314 g/mol. The average Bonchev–Trinajstić information content (AvgIpc) is 2.42. The number of rotatable bonds is 6. The van der Waals surface area contributed by atoms with Gasteiger partial charge in [0.2, 0.25) is 9.05 Å². The van der Waals surface area contributed by atoms with Crippen LogP contribution in [0.5, 0.6) is 5.75 Å². The van der Waals surface area contributed by atoms with Crippen molar-refractivity contribution in [2.75, 3.05) is 12.4 Å². The zero-order valence-electron chi connectivity index (χ0n) is 11.1. The predicted molar refractivity (Wildman–Crippen MR) is 80.7 cm³/mol. The van der Waals surface area contributed by atoms with Crippen molar-refractivity contribution < 1.29 is 13.2 Å². The van der Waals surface area contributed by atoms with Crippen LogP contribution in [0.25, 0.3) is 10.9 Å². The van der Waals surface area contributed by atoms with Gasteiger partial charge in [-0.15, -0.1) is 0 Å². The van der Waals surface area contributed by atoms with Gasteiger partial charge in [-0.25, -0.2) is 8.42 Å². The number of halogens is 1. The van der Waals surface area contributed by atoms with Gasteiger partial charge in [0, 0.05) is 22.0 Å². The van der Waals surface area contributed by atoms with Crippen molar-refractivity contribution >= 4 is 30.6 Å². The fourth-order valence-corrected chi connectivity index (χ4v) is 3.34. The first kappa shape index (κ1) is 15.1. The molecule has 0 aliphatic heterocycles. The smallest absolute Gasteiger partial charge is 0.232 e. The van der Waals surface area contributed by atoms with Gasteiger partial charge in [-0.05, 0) is 18.6 Å².